The zero-order chi connectivity index (χ0) is 12.0. The number of quaternary nitrogens is 1. The first kappa shape index (κ1) is 12.5. The van der Waals surface area contributed by atoms with Gasteiger partial charge in [0.2, 0.25) is 0 Å². The van der Waals surface area contributed by atoms with Crippen LogP contribution in [0, 0.1) is 0 Å². The van der Waals surface area contributed by atoms with Gasteiger partial charge in [-0.25, -0.2) is 0 Å². The molecule has 0 amide bonds. The summed E-state index contributed by atoms with van der Waals surface area (Å²) in [7, 11) is 4.15. The van der Waals surface area contributed by atoms with Gasteiger partial charge in [0.25, 0.3) is 0 Å². The van der Waals surface area contributed by atoms with Crippen molar-refractivity contribution in [3.63, 3.8) is 0 Å². The molecule has 0 aliphatic carbocycles. The van der Waals surface area contributed by atoms with Crippen molar-refractivity contribution in [3.8, 4) is 5.75 Å². The van der Waals surface area contributed by atoms with Crippen molar-refractivity contribution in [2.75, 3.05) is 20.7 Å². The molecule has 0 bridgehead atoms. The molecule has 0 saturated heterocycles. The first-order valence-electron chi connectivity index (χ1n) is 5.28. The van der Waals surface area contributed by atoms with Gasteiger partial charge in [-0.1, -0.05) is 12.1 Å². The van der Waals surface area contributed by atoms with Gasteiger partial charge in [0.05, 0.1) is 20.7 Å². The number of nitrogens with one attached hydrogen (secondary N) is 1. The van der Waals surface area contributed by atoms with Gasteiger partial charge in [-0.15, -0.1) is 0 Å². The molecule has 0 spiro atoms. The van der Waals surface area contributed by atoms with Gasteiger partial charge < -0.3 is 19.5 Å². The molecule has 0 atom stereocenters. The van der Waals surface area contributed by atoms with Gasteiger partial charge in [0.15, 0.2) is 0 Å². The van der Waals surface area contributed by atoms with Gasteiger partial charge in [-0.05, 0) is 12.1 Å². The van der Waals surface area contributed by atoms with Gasteiger partial charge in [-0.3, -0.25) is 0 Å². The van der Waals surface area contributed by atoms with Crippen molar-refractivity contribution in [3.05, 3.63) is 29.8 Å². The molecule has 1 aromatic rings. The van der Waals surface area contributed by atoms with E-state index >= 15 is 0 Å². The lowest BCUT2D eigenvalue weighted by molar-refractivity contribution is -0.872. The number of hydrogen-bond acceptors (Lipinski definition) is 3. The van der Waals surface area contributed by atoms with E-state index < -0.39 is 5.97 Å². The highest BCUT2D eigenvalue weighted by atomic mass is 16.5. The Morgan fingerprint density at radius 3 is 2.81 bits per heavy atom. The monoisotopic (exact) mass is 223 g/mol. The maximum Gasteiger partial charge on any atom is 0.119 e. The molecule has 1 aromatic carbocycles. The second kappa shape index (κ2) is 6.12. The number of aliphatic carboxylic acids is 1. The molecule has 0 aliphatic rings. The van der Waals surface area contributed by atoms with Crippen LogP contribution in [0.1, 0.15) is 12.0 Å². The molecular weight excluding hydrogens is 206 g/mol. The molecule has 0 radical (unpaired) electrons. The molecule has 1 N–H and O–H groups in total. The van der Waals surface area contributed by atoms with Crippen LogP contribution in [0.15, 0.2) is 24.3 Å². The van der Waals surface area contributed by atoms with Crippen LogP contribution in [0.2, 0.25) is 0 Å². The second-order valence-corrected chi connectivity index (χ2v) is 4.00. The second-order valence-electron chi connectivity index (χ2n) is 4.00. The Bertz CT molecular complexity index is 350. The first-order valence-corrected chi connectivity index (χ1v) is 5.28. The van der Waals surface area contributed by atoms with Crippen molar-refractivity contribution in [1.29, 1.82) is 0 Å². The van der Waals surface area contributed by atoms with Crippen molar-refractivity contribution in [1.82, 2.24) is 0 Å². The standard InChI is InChI=1S/C12H17NO3/c1-13(2)9-10-4-3-5-11(8-10)16-7-6-12(14)15/h3-5,8H,6-7,9H2,1-2H3,(H,14,15). The minimum Gasteiger partial charge on any atom is -0.550 e. The number of carboxylic acid groups (broad SMARTS) is 1. The van der Waals surface area contributed by atoms with E-state index in [1.54, 1.807) is 0 Å². The third-order valence-electron chi connectivity index (χ3n) is 2.03. The van der Waals surface area contributed by atoms with Crippen LogP contribution in [0.4, 0.5) is 0 Å². The van der Waals surface area contributed by atoms with Crippen LogP contribution < -0.4 is 14.7 Å². The average molecular weight is 223 g/mol. The zero-order valence-electron chi connectivity index (χ0n) is 9.66. The fraction of sp³-hybridized carbons (Fsp3) is 0.417. The maximum absolute atomic E-state index is 10.2. The predicted molar refractivity (Wildman–Crippen MR) is 58.1 cm³/mol. The summed E-state index contributed by atoms with van der Waals surface area (Å²) < 4.78 is 5.31. The maximum atomic E-state index is 10.2. The number of rotatable bonds is 6. The third-order valence-corrected chi connectivity index (χ3v) is 2.03. The van der Waals surface area contributed by atoms with Crippen LogP contribution in [0.5, 0.6) is 5.75 Å². The summed E-state index contributed by atoms with van der Waals surface area (Å²) in [6, 6.07) is 7.69. The van der Waals surface area contributed by atoms with Gasteiger partial charge in [0.1, 0.15) is 12.3 Å². The normalized spacial score (nSPS) is 10.4. The Balaban J connectivity index is 2.50. The topological polar surface area (TPSA) is 53.8 Å². The number of carboxylic acids is 1. The quantitative estimate of drug-likeness (QED) is 0.662. The fourth-order valence-electron chi connectivity index (χ4n) is 1.41. The molecule has 0 fully saturated rings. The van der Waals surface area contributed by atoms with Crippen molar-refractivity contribution in [2.24, 2.45) is 0 Å². The SMILES string of the molecule is C[NH+](C)Cc1cccc(OCCC(=O)[O-])c1. The van der Waals surface area contributed by atoms with E-state index in [4.69, 9.17) is 4.74 Å². The summed E-state index contributed by atoms with van der Waals surface area (Å²) in [6.45, 7) is 1.07. The fourth-order valence-corrected chi connectivity index (χ4v) is 1.41. The highest BCUT2D eigenvalue weighted by Gasteiger charge is 2.00. The Labute approximate surface area is 95.5 Å². The molecule has 0 saturated carbocycles. The predicted octanol–water partition coefficient (Wildman–Crippen LogP) is -1.15. The smallest absolute Gasteiger partial charge is 0.119 e. The minimum absolute atomic E-state index is 0.0802. The summed E-state index contributed by atoms with van der Waals surface area (Å²) >= 11 is 0. The largest absolute Gasteiger partial charge is 0.550 e. The average Bonchev–Trinajstić information content (AvgIpc) is 2.16. The van der Waals surface area contributed by atoms with E-state index in [1.165, 1.54) is 10.5 Å². The number of carbonyl (C=O) groups is 1. The van der Waals surface area contributed by atoms with E-state index in [0.29, 0.717) is 5.75 Å². The molecule has 0 unspecified atom stereocenters. The van der Waals surface area contributed by atoms with Crippen LogP contribution in [-0.2, 0) is 11.3 Å². The van der Waals surface area contributed by atoms with Crippen LogP contribution >= 0.6 is 0 Å². The summed E-state index contributed by atoms with van der Waals surface area (Å²) in [4.78, 5) is 11.5. The molecule has 88 valence electrons. The lowest BCUT2D eigenvalue weighted by atomic mass is 10.2. The highest BCUT2D eigenvalue weighted by Crippen LogP contribution is 2.12. The van der Waals surface area contributed by atoms with Gasteiger partial charge in [0, 0.05) is 18.0 Å². The van der Waals surface area contributed by atoms with E-state index in [0.717, 1.165) is 6.54 Å². The van der Waals surface area contributed by atoms with E-state index in [2.05, 4.69) is 14.1 Å². The lowest BCUT2D eigenvalue weighted by Crippen LogP contribution is -3.04. The Hall–Kier alpha value is -1.55. The molecule has 16 heavy (non-hydrogen) atoms. The summed E-state index contributed by atoms with van der Waals surface area (Å²) in [5.41, 5.74) is 1.17. The summed E-state index contributed by atoms with van der Waals surface area (Å²) in [6.07, 6.45) is -0.0802. The van der Waals surface area contributed by atoms with E-state index in [1.807, 2.05) is 24.3 Å². The Morgan fingerprint density at radius 2 is 2.19 bits per heavy atom. The number of benzene rings is 1. The molecule has 0 heterocycles. The molecular formula is C12H17NO3. The minimum atomic E-state index is -1.09. The molecule has 1 rings (SSSR count). The highest BCUT2D eigenvalue weighted by molar-refractivity contribution is 5.64. The van der Waals surface area contributed by atoms with Gasteiger partial charge in [-0.2, -0.15) is 0 Å². The van der Waals surface area contributed by atoms with Crippen LogP contribution in [0.25, 0.3) is 0 Å². The Kier molecular flexibility index (Phi) is 4.79. The first-order chi connectivity index (χ1) is 7.58. The van der Waals surface area contributed by atoms with E-state index in [-0.39, 0.29) is 13.0 Å². The molecule has 4 heteroatoms. The number of hydrogen-bond donors (Lipinski definition) is 1. The molecule has 0 aromatic heterocycles. The van der Waals surface area contributed by atoms with E-state index in [9.17, 15) is 9.90 Å². The number of ether oxygens (including phenoxy) is 1. The van der Waals surface area contributed by atoms with Gasteiger partial charge >= 0.3 is 0 Å². The summed E-state index contributed by atoms with van der Waals surface area (Å²) in [5, 5.41) is 10.2. The number of carbonyl (C=O) groups excluding carboxylic acids is 1. The lowest BCUT2D eigenvalue weighted by Gasteiger charge is -2.10. The van der Waals surface area contributed by atoms with Crippen molar-refractivity contribution < 1.29 is 19.5 Å². The Morgan fingerprint density at radius 1 is 1.44 bits per heavy atom. The van der Waals surface area contributed by atoms with Crippen molar-refractivity contribution >= 4 is 5.97 Å². The molecule has 4 nitrogen and oxygen atoms in total. The van der Waals surface area contributed by atoms with Crippen LogP contribution in [-0.4, -0.2) is 26.7 Å². The third kappa shape index (κ3) is 4.79. The summed E-state index contributed by atoms with van der Waals surface area (Å²) in [5.74, 6) is -0.381. The van der Waals surface area contributed by atoms with Crippen molar-refractivity contribution in [2.45, 2.75) is 13.0 Å². The van der Waals surface area contributed by atoms with Crippen LogP contribution in [0.3, 0.4) is 0 Å². The molecule has 0 aliphatic heterocycles. The zero-order valence-corrected chi connectivity index (χ0v) is 9.66.